The van der Waals surface area contributed by atoms with E-state index < -0.39 is 0 Å². The highest BCUT2D eigenvalue weighted by molar-refractivity contribution is 9.10. The molecular formula is C15H22BrNO2. The van der Waals surface area contributed by atoms with E-state index in [9.17, 15) is 5.11 Å². The third-order valence-electron chi connectivity index (χ3n) is 3.82. The van der Waals surface area contributed by atoms with Gasteiger partial charge in [0, 0.05) is 31.2 Å². The molecule has 0 spiro atoms. The molecule has 0 saturated carbocycles. The molecule has 0 radical (unpaired) electrons. The highest BCUT2D eigenvalue weighted by Gasteiger charge is 2.19. The Bertz CT molecular complexity index is 391. The summed E-state index contributed by atoms with van der Waals surface area (Å²) in [5.41, 5.74) is 0.987. The van der Waals surface area contributed by atoms with Crippen LogP contribution in [-0.2, 0) is 4.74 Å². The lowest BCUT2D eigenvalue weighted by Crippen LogP contribution is -2.37. The number of aliphatic hydroxyl groups excluding tert-OH is 1. The highest BCUT2D eigenvalue weighted by Crippen LogP contribution is 2.22. The first-order valence-corrected chi connectivity index (χ1v) is 7.67. The lowest BCUT2D eigenvalue weighted by molar-refractivity contribution is 0.0360. The minimum absolute atomic E-state index is 0.377. The van der Waals surface area contributed by atoms with E-state index in [1.54, 1.807) is 7.11 Å². The zero-order chi connectivity index (χ0) is 13.7. The average Bonchev–Trinajstić information content (AvgIpc) is 2.45. The van der Waals surface area contributed by atoms with Gasteiger partial charge in [0.15, 0.2) is 0 Å². The molecule has 1 aromatic rings. The van der Waals surface area contributed by atoms with Gasteiger partial charge in [0.1, 0.15) is 0 Å². The molecule has 1 aliphatic heterocycles. The van der Waals surface area contributed by atoms with Crippen molar-refractivity contribution in [2.75, 3.05) is 26.7 Å². The summed E-state index contributed by atoms with van der Waals surface area (Å²) < 4.78 is 6.38. The third-order valence-corrected chi connectivity index (χ3v) is 4.31. The number of halogens is 1. The maximum atomic E-state index is 10.2. The first kappa shape index (κ1) is 15.0. The number of aliphatic hydroxyl groups is 1. The van der Waals surface area contributed by atoms with E-state index in [1.807, 2.05) is 24.3 Å². The summed E-state index contributed by atoms with van der Waals surface area (Å²) in [6.45, 7) is 3.09. The topological polar surface area (TPSA) is 32.7 Å². The molecule has 0 amide bonds. The maximum absolute atomic E-state index is 10.2. The normalized spacial score (nSPS) is 19.5. The van der Waals surface area contributed by atoms with E-state index in [-0.39, 0.29) is 6.10 Å². The molecule has 1 unspecified atom stereocenters. The number of methoxy groups -OCH3 is 1. The first-order valence-electron chi connectivity index (χ1n) is 6.87. The Labute approximate surface area is 123 Å². The van der Waals surface area contributed by atoms with Crippen LogP contribution in [0.15, 0.2) is 28.7 Å². The largest absolute Gasteiger partial charge is 0.388 e. The molecule has 0 bridgehead atoms. The van der Waals surface area contributed by atoms with E-state index in [2.05, 4.69) is 20.8 Å². The van der Waals surface area contributed by atoms with Crippen LogP contribution in [0, 0.1) is 0 Å². The molecule has 1 aromatic carbocycles. The summed E-state index contributed by atoms with van der Waals surface area (Å²) in [6, 6.07) is 7.91. The van der Waals surface area contributed by atoms with E-state index in [1.165, 1.54) is 0 Å². The molecule has 0 aliphatic carbocycles. The SMILES string of the molecule is COC1CCN(CCC(O)c2cccc(Br)c2)CC1. The molecule has 1 heterocycles. The lowest BCUT2D eigenvalue weighted by atomic mass is 10.0. The minimum atomic E-state index is -0.377. The Balaban J connectivity index is 1.76. The van der Waals surface area contributed by atoms with Crippen LogP contribution in [0.5, 0.6) is 0 Å². The van der Waals surface area contributed by atoms with Gasteiger partial charge in [0.2, 0.25) is 0 Å². The number of benzene rings is 1. The van der Waals surface area contributed by atoms with Crippen LogP contribution in [0.2, 0.25) is 0 Å². The second-order valence-corrected chi connectivity index (χ2v) is 6.05. The number of hydrogen-bond donors (Lipinski definition) is 1. The molecule has 1 fully saturated rings. The fourth-order valence-corrected chi connectivity index (χ4v) is 2.97. The van der Waals surface area contributed by atoms with E-state index in [0.29, 0.717) is 6.10 Å². The van der Waals surface area contributed by atoms with Crippen molar-refractivity contribution in [1.29, 1.82) is 0 Å². The van der Waals surface area contributed by atoms with Gasteiger partial charge in [-0.1, -0.05) is 28.1 Å². The van der Waals surface area contributed by atoms with Crippen LogP contribution in [0.4, 0.5) is 0 Å². The Hall–Kier alpha value is -0.420. The van der Waals surface area contributed by atoms with Gasteiger partial charge in [-0.05, 0) is 37.0 Å². The number of piperidine rings is 1. The Morgan fingerprint density at radius 3 is 2.79 bits per heavy atom. The van der Waals surface area contributed by atoms with Gasteiger partial charge in [-0.2, -0.15) is 0 Å². The zero-order valence-electron chi connectivity index (χ0n) is 11.4. The zero-order valence-corrected chi connectivity index (χ0v) is 13.0. The molecule has 19 heavy (non-hydrogen) atoms. The number of ether oxygens (including phenoxy) is 1. The minimum Gasteiger partial charge on any atom is -0.388 e. The van der Waals surface area contributed by atoms with E-state index in [0.717, 1.165) is 48.9 Å². The predicted molar refractivity (Wildman–Crippen MR) is 80.2 cm³/mol. The van der Waals surface area contributed by atoms with Crippen LogP contribution in [0.3, 0.4) is 0 Å². The predicted octanol–water partition coefficient (Wildman–Crippen LogP) is 2.98. The van der Waals surface area contributed by atoms with Crippen molar-refractivity contribution in [2.24, 2.45) is 0 Å². The Morgan fingerprint density at radius 1 is 1.42 bits per heavy atom. The van der Waals surface area contributed by atoms with Crippen LogP contribution in [0.25, 0.3) is 0 Å². The molecule has 1 aliphatic rings. The summed E-state index contributed by atoms with van der Waals surface area (Å²) in [5, 5.41) is 10.2. The van der Waals surface area contributed by atoms with Gasteiger partial charge in [-0.15, -0.1) is 0 Å². The fraction of sp³-hybridized carbons (Fsp3) is 0.600. The highest BCUT2D eigenvalue weighted by atomic mass is 79.9. The molecule has 4 heteroatoms. The molecule has 3 nitrogen and oxygen atoms in total. The van der Waals surface area contributed by atoms with Crippen molar-refractivity contribution >= 4 is 15.9 Å². The second kappa shape index (κ2) is 7.39. The molecule has 106 valence electrons. The fourth-order valence-electron chi connectivity index (χ4n) is 2.55. The second-order valence-electron chi connectivity index (χ2n) is 5.14. The van der Waals surface area contributed by atoms with Gasteiger partial charge in [-0.25, -0.2) is 0 Å². The van der Waals surface area contributed by atoms with Crippen molar-refractivity contribution < 1.29 is 9.84 Å². The van der Waals surface area contributed by atoms with Crippen molar-refractivity contribution in [3.63, 3.8) is 0 Å². The number of likely N-dealkylation sites (tertiary alicyclic amines) is 1. The molecule has 0 aromatic heterocycles. The maximum Gasteiger partial charge on any atom is 0.0802 e. The lowest BCUT2D eigenvalue weighted by Gasteiger charge is -2.31. The molecule has 1 N–H and O–H groups in total. The van der Waals surface area contributed by atoms with Crippen LogP contribution < -0.4 is 0 Å². The van der Waals surface area contributed by atoms with Gasteiger partial charge in [0.05, 0.1) is 12.2 Å². The standard InChI is InChI=1S/C15H22BrNO2/c1-19-14-5-8-17(9-6-14)10-7-15(18)12-3-2-4-13(16)11-12/h2-4,11,14-15,18H,5-10H2,1H3. The van der Waals surface area contributed by atoms with Crippen LogP contribution >= 0.6 is 15.9 Å². The molecule has 2 rings (SSSR count). The first-order chi connectivity index (χ1) is 9.19. The van der Waals surface area contributed by atoms with Crippen molar-refractivity contribution in [3.8, 4) is 0 Å². The van der Waals surface area contributed by atoms with E-state index in [4.69, 9.17) is 4.74 Å². The Kier molecular flexibility index (Phi) is 5.82. The molecular weight excluding hydrogens is 306 g/mol. The van der Waals surface area contributed by atoms with Gasteiger partial charge in [0.25, 0.3) is 0 Å². The van der Waals surface area contributed by atoms with Crippen molar-refractivity contribution in [1.82, 2.24) is 4.90 Å². The average molecular weight is 328 g/mol. The monoisotopic (exact) mass is 327 g/mol. The van der Waals surface area contributed by atoms with Crippen molar-refractivity contribution in [3.05, 3.63) is 34.3 Å². The van der Waals surface area contributed by atoms with Gasteiger partial charge in [-0.3, -0.25) is 0 Å². The van der Waals surface area contributed by atoms with Crippen molar-refractivity contribution in [2.45, 2.75) is 31.5 Å². The van der Waals surface area contributed by atoms with Gasteiger partial charge >= 0.3 is 0 Å². The Morgan fingerprint density at radius 2 is 2.16 bits per heavy atom. The smallest absolute Gasteiger partial charge is 0.0802 e. The number of rotatable bonds is 5. The summed E-state index contributed by atoms with van der Waals surface area (Å²) in [5.74, 6) is 0. The molecule has 1 saturated heterocycles. The molecule has 1 atom stereocenters. The summed E-state index contributed by atoms with van der Waals surface area (Å²) >= 11 is 3.44. The van der Waals surface area contributed by atoms with Gasteiger partial charge < -0.3 is 14.7 Å². The number of nitrogens with zero attached hydrogens (tertiary/aromatic N) is 1. The summed E-state index contributed by atoms with van der Waals surface area (Å²) in [7, 11) is 1.79. The van der Waals surface area contributed by atoms with E-state index >= 15 is 0 Å². The quantitative estimate of drug-likeness (QED) is 0.902. The van der Waals surface area contributed by atoms with Crippen LogP contribution in [-0.4, -0.2) is 42.9 Å². The summed E-state index contributed by atoms with van der Waals surface area (Å²) in [4.78, 5) is 2.41. The third kappa shape index (κ3) is 4.56. The summed E-state index contributed by atoms with van der Waals surface area (Å²) in [6.07, 6.45) is 3.03. The number of hydrogen-bond acceptors (Lipinski definition) is 3. The van der Waals surface area contributed by atoms with Crippen LogP contribution in [0.1, 0.15) is 30.9 Å².